The fourth-order valence-corrected chi connectivity index (χ4v) is 2.69. The highest BCUT2D eigenvalue weighted by Gasteiger charge is 2.09. The standard InChI is InChI=1S/C18H14N2OS/c21-18(16-11-12-22-13-16)20-19-17(14-7-3-1-4-8-14)15-9-5-2-6-10-15/h1-13H,(H,20,21). The highest BCUT2D eigenvalue weighted by atomic mass is 32.1. The lowest BCUT2D eigenvalue weighted by Gasteiger charge is -2.07. The van der Waals surface area contributed by atoms with E-state index in [2.05, 4.69) is 10.5 Å². The van der Waals surface area contributed by atoms with Crippen LogP contribution in [-0.2, 0) is 0 Å². The predicted octanol–water partition coefficient (Wildman–Crippen LogP) is 3.93. The number of carbonyl (C=O) groups is 1. The molecule has 0 unspecified atom stereocenters. The van der Waals surface area contributed by atoms with E-state index in [1.165, 1.54) is 11.3 Å². The maximum atomic E-state index is 12.1. The Kier molecular flexibility index (Phi) is 4.41. The lowest BCUT2D eigenvalue weighted by molar-refractivity contribution is 0.0955. The van der Waals surface area contributed by atoms with Crippen molar-refractivity contribution < 1.29 is 4.79 Å². The molecule has 1 heterocycles. The Bertz CT molecular complexity index is 724. The van der Waals surface area contributed by atoms with E-state index in [-0.39, 0.29) is 5.91 Å². The van der Waals surface area contributed by atoms with Gasteiger partial charge in [0.25, 0.3) is 5.91 Å². The Hall–Kier alpha value is -2.72. The number of carbonyl (C=O) groups excluding carboxylic acids is 1. The van der Waals surface area contributed by atoms with Gasteiger partial charge in [0, 0.05) is 16.5 Å². The van der Waals surface area contributed by atoms with Crippen molar-refractivity contribution in [3.8, 4) is 0 Å². The SMILES string of the molecule is O=C(NN=C(c1ccccc1)c1ccccc1)c1ccsc1. The summed E-state index contributed by atoms with van der Waals surface area (Å²) in [7, 11) is 0. The Balaban J connectivity index is 1.92. The normalized spacial score (nSPS) is 10.0. The van der Waals surface area contributed by atoms with Crippen LogP contribution in [0.2, 0.25) is 0 Å². The summed E-state index contributed by atoms with van der Waals surface area (Å²) in [5.41, 5.74) is 5.91. The van der Waals surface area contributed by atoms with Crippen LogP contribution in [0, 0.1) is 0 Å². The second kappa shape index (κ2) is 6.83. The molecule has 0 atom stereocenters. The highest BCUT2D eigenvalue weighted by Crippen LogP contribution is 2.11. The van der Waals surface area contributed by atoms with Crippen molar-refractivity contribution >= 4 is 23.0 Å². The van der Waals surface area contributed by atoms with Crippen LogP contribution in [0.25, 0.3) is 0 Å². The highest BCUT2D eigenvalue weighted by molar-refractivity contribution is 7.08. The Labute approximate surface area is 132 Å². The smallest absolute Gasteiger partial charge is 0.267 e. The zero-order chi connectivity index (χ0) is 15.2. The molecule has 0 aliphatic carbocycles. The minimum atomic E-state index is -0.203. The zero-order valence-corrected chi connectivity index (χ0v) is 12.6. The third-order valence-corrected chi connectivity index (χ3v) is 3.83. The molecule has 0 aliphatic heterocycles. The largest absolute Gasteiger partial charge is 0.272 e. The van der Waals surface area contributed by atoms with Crippen molar-refractivity contribution in [2.24, 2.45) is 5.10 Å². The third kappa shape index (κ3) is 3.30. The molecule has 0 saturated heterocycles. The Morgan fingerprint density at radius 2 is 1.41 bits per heavy atom. The first-order chi connectivity index (χ1) is 10.8. The number of nitrogens with one attached hydrogen (secondary N) is 1. The lowest BCUT2D eigenvalue weighted by atomic mass is 10.0. The van der Waals surface area contributed by atoms with E-state index in [0.29, 0.717) is 5.56 Å². The van der Waals surface area contributed by atoms with Gasteiger partial charge in [0.05, 0.1) is 11.3 Å². The minimum Gasteiger partial charge on any atom is -0.267 e. The molecular formula is C18H14N2OS. The summed E-state index contributed by atoms with van der Waals surface area (Å²) in [6.45, 7) is 0. The van der Waals surface area contributed by atoms with Crippen LogP contribution in [0.15, 0.2) is 82.6 Å². The van der Waals surface area contributed by atoms with Gasteiger partial charge in [-0.2, -0.15) is 16.4 Å². The Morgan fingerprint density at radius 1 is 0.818 bits per heavy atom. The first kappa shape index (κ1) is 14.2. The van der Waals surface area contributed by atoms with E-state index >= 15 is 0 Å². The fraction of sp³-hybridized carbons (Fsp3) is 0. The van der Waals surface area contributed by atoms with Gasteiger partial charge >= 0.3 is 0 Å². The maximum absolute atomic E-state index is 12.1. The summed E-state index contributed by atoms with van der Waals surface area (Å²) in [6.07, 6.45) is 0. The van der Waals surface area contributed by atoms with E-state index in [4.69, 9.17) is 0 Å². The van der Waals surface area contributed by atoms with Gasteiger partial charge in [0.2, 0.25) is 0 Å². The molecule has 1 aromatic heterocycles. The summed E-state index contributed by atoms with van der Waals surface area (Å²) >= 11 is 1.49. The number of amides is 1. The van der Waals surface area contributed by atoms with Gasteiger partial charge in [-0.25, -0.2) is 5.43 Å². The van der Waals surface area contributed by atoms with Crippen LogP contribution in [0.3, 0.4) is 0 Å². The van der Waals surface area contributed by atoms with Crippen LogP contribution in [0.5, 0.6) is 0 Å². The van der Waals surface area contributed by atoms with Crippen molar-refractivity contribution in [3.63, 3.8) is 0 Å². The summed E-state index contributed by atoms with van der Waals surface area (Å²) < 4.78 is 0. The molecule has 0 spiro atoms. The van der Waals surface area contributed by atoms with Crippen molar-refractivity contribution in [1.29, 1.82) is 0 Å². The molecule has 0 aliphatic rings. The fourth-order valence-electron chi connectivity index (χ4n) is 2.05. The van der Waals surface area contributed by atoms with Gasteiger partial charge in [-0.1, -0.05) is 60.7 Å². The van der Waals surface area contributed by atoms with Gasteiger partial charge in [-0.05, 0) is 11.4 Å². The first-order valence-corrected chi connectivity index (χ1v) is 7.80. The molecule has 2 aromatic carbocycles. The topological polar surface area (TPSA) is 41.5 Å². The molecular weight excluding hydrogens is 292 g/mol. The van der Waals surface area contributed by atoms with E-state index in [1.807, 2.05) is 66.0 Å². The van der Waals surface area contributed by atoms with E-state index < -0.39 is 0 Å². The quantitative estimate of drug-likeness (QED) is 0.576. The van der Waals surface area contributed by atoms with E-state index in [1.54, 1.807) is 11.4 Å². The second-order valence-corrected chi connectivity index (χ2v) is 5.43. The first-order valence-electron chi connectivity index (χ1n) is 6.85. The number of thiophene rings is 1. The number of rotatable bonds is 4. The van der Waals surface area contributed by atoms with E-state index in [0.717, 1.165) is 16.8 Å². The average Bonchev–Trinajstić information content (AvgIpc) is 3.11. The Morgan fingerprint density at radius 3 is 1.91 bits per heavy atom. The van der Waals surface area contributed by atoms with E-state index in [9.17, 15) is 4.79 Å². The number of hydrazone groups is 1. The molecule has 0 saturated carbocycles. The number of nitrogens with zero attached hydrogens (tertiary/aromatic N) is 1. The molecule has 1 N–H and O–H groups in total. The van der Waals surface area contributed by atoms with Gasteiger partial charge in [0.1, 0.15) is 0 Å². The minimum absolute atomic E-state index is 0.203. The maximum Gasteiger partial charge on any atom is 0.272 e. The van der Waals surface area contributed by atoms with Crippen LogP contribution < -0.4 is 5.43 Å². The van der Waals surface area contributed by atoms with Crippen LogP contribution in [0.4, 0.5) is 0 Å². The van der Waals surface area contributed by atoms with Crippen molar-refractivity contribution in [1.82, 2.24) is 5.43 Å². The van der Waals surface area contributed by atoms with Crippen LogP contribution in [0.1, 0.15) is 21.5 Å². The molecule has 1 amide bonds. The zero-order valence-electron chi connectivity index (χ0n) is 11.8. The second-order valence-electron chi connectivity index (χ2n) is 4.65. The summed E-state index contributed by atoms with van der Waals surface area (Å²) in [5, 5.41) is 8.01. The molecule has 3 rings (SSSR count). The summed E-state index contributed by atoms with van der Waals surface area (Å²) in [5.74, 6) is -0.203. The van der Waals surface area contributed by atoms with Gasteiger partial charge < -0.3 is 0 Å². The summed E-state index contributed by atoms with van der Waals surface area (Å²) in [4.78, 5) is 12.1. The molecule has 0 bridgehead atoms. The molecule has 0 radical (unpaired) electrons. The molecule has 4 heteroatoms. The van der Waals surface area contributed by atoms with Crippen molar-refractivity contribution in [2.45, 2.75) is 0 Å². The molecule has 3 nitrogen and oxygen atoms in total. The molecule has 108 valence electrons. The molecule has 0 fully saturated rings. The van der Waals surface area contributed by atoms with Gasteiger partial charge in [-0.15, -0.1) is 0 Å². The average molecular weight is 306 g/mol. The monoisotopic (exact) mass is 306 g/mol. The third-order valence-electron chi connectivity index (χ3n) is 3.15. The summed E-state index contributed by atoms with van der Waals surface area (Å²) in [6, 6.07) is 21.4. The number of hydrogen-bond acceptors (Lipinski definition) is 3. The number of hydrogen-bond donors (Lipinski definition) is 1. The van der Waals surface area contributed by atoms with Crippen LogP contribution in [-0.4, -0.2) is 11.6 Å². The molecule has 3 aromatic rings. The molecule has 22 heavy (non-hydrogen) atoms. The van der Waals surface area contributed by atoms with Crippen molar-refractivity contribution in [3.05, 3.63) is 94.2 Å². The van der Waals surface area contributed by atoms with Crippen LogP contribution >= 0.6 is 11.3 Å². The lowest BCUT2D eigenvalue weighted by Crippen LogP contribution is -2.20. The van der Waals surface area contributed by atoms with Gasteiger partial charge in [0.15, 0.2) is 0 Å². The van der Waals surface area contributed by atoms with Gasteiger partial charge in [-0.3, -0.25) is 4.79 Å². The van der Waals surface area contributed by atoms with Crippen molar-refractivity contribution in [2.75, 3.05) is 0 Å². The number of benzene rings is 2. The predicted molar refractivity (Wildman–Crippen MR) is 90.3 cm³/mol.